The smallest absolute Gasteiger partial charge is 0.326 e. The third-order valence-corrected chi connectivity index (χ3v) is 4.91. The normalized spacial score (nSPS) is 14.5. The fourth-order valence-corrected chi connectivity index (χ4v) is 2.77. The Labute approximate surface area is 194 Å². The molecule has 3 amide bonds. The van der Waals surface area contributed by atoms with Gasteiger partial charge in [-0.1, -0.05) is 13.8 Å². The van der Waals surface area contributed by atoms with Crippen molar-refractivity contribution in [1.29, 1.82) is 0 Å². The van der Waals surface area contributed by atoms with Crippen LogP contribution in [0.15, 0.2) is 4.99 Å². The first-order chi connectivity index (χ1) is 15.4. The number of aliphatic carboxylic acids is 1. The molecule has 0 rings (SSSR count). The van der Waals surface area contributed by atoms with Crippen molar-refractivity contribution >= 4 is 29.7 Å². The van der Waals surface area contributed by atoms with Gasteiger partial charge in [-0.3, -0.25) is 19.4 Å². The molecule has 0 aliphatic rings. The molecule has 0 saturated carbocycles. The number of carbonyl (C=O) groups excluding carboxylic acids is 3. The van der Waals surface area contributed by atoms with Crippen LogP contribution in [0.25, 0.3) is 0 Å². The molecule has 0 aliphatic heterocycles. The van der Waals surface area contributed by atoms with E-state index in [1.807, 2.05) is 0 Å². The number of guanidine groups is 1. The largest absolute Gasteiger partial charge is 0.480 e. The zero-order chi connectivity index (χ0) is 25.6. The minimum Gasteiger partial charge on any atom is -0.480 e. The first-order valence-electron chi connectivity index (χ1n) is 11.1. The van der Waals surface area contributed by atoms with Crippen LogP contribution in [-0.2, 0) is 19.2 Å². The lowest BCUT2D eigenvalue weighted by Crippen LogP contribution is -2.56. The van der Waals surface area contributed by atoms with Gasteiger partial charge in [0.2, 0.25) is 17.7 Å². The lowest BCUT2D eigenvalue weighted by Gasteiger charge is -2.24. The van der Waals surface area contributed by atoms with Gasteiger partial charge in [0.1, 0.15) is 18.1 Å². The number of carboxylic acid groups (broad SMARTS) is 1. The minimum absolute atomic E-state index is 0.0981. The summed E-state index contributed by atoms with van der Waals surface area (Å²) in [6.45, 7) is 5.66. The molecule has 0 fully saturated rings. The zero-order valence-corrected chi connectivity index (χ0v) is 19.7. The van der Waals surface area contributed by atoms with E-state index in [0.717, 1.165) is 0 Å². The third-order valence-electron chi connectivity index (χ3n) is 4.91. The SMILES string of the molecule is CC(NC(=O)C(N)C(C)C)C(=O)NC(CCCCN)C(=O)NC(CCCN=C(N)N)C(=O)O. The number of hydrogen-bond donors (Lipinski definition) is 8. The van der Waals surface area contributed by atoms with Gasteiger partial charge in [-0.25, -0.2) is 4.79 Å². The van der Waals surface area contributed by atoms with Gasteiger partial charge in [-0.05, 0) is 51.5 Å². The number of unbranched alkanes of at least 4 members (excludes halogenated alkanes) is 1. The van der Waals surface area contributed by atoms with Gasteiger partial charge in [0.25, 0.3) is 0 Å². The second-order valence-corrected chi connectivity index (χ2v) is 8.19. The van der Waals surface area contributed by atoms with Crippen molar-refractivity contribution in [3.05, 3.63) is 0 Å². The van der Waals surface area contributed by atoms with Crippen LogP contribution in [0.4, 0.5) is 0 Å². The highest BCUT2D eigenvalue weighted by Crippen LogP contribution is 2.05. The molecule has 12 N–H and O–H groups in total. The van der Waals surface area contributed by atoms with Crippen LogP contribution in [0.3, 0.4) is 0 Å². The molecule has 0 aliphatic carbocycles. The molecule has 13 heteroatoms. The fraction of sp³-hybridized carbons (Fsp3) is 0.750. The van der Waals surface area contributed by atoms with E-state index in [2.05, 4.69) is 20.9 Å². The number of amides is 3. The van der Waals surface area contributed by atoms with E-state index < -0.39 is 47.9 Å². The Balaban J connectivity index is 5.13. The molecule has 0 spiro atoms. The maximum Gasteiger partial charge on any atom is 0.326 e. The van der Waals surface area contributed by atoms with E-state index in [4.69, 9.17) is 22.9 Å². The number of aliphatic imine (C=N–C) groups is 1. The van der Waals surface area contributed by atoms with Gasteiger partial charge in [0.15, 0.2) is 5.96 Å². The Morgan fingerprint density at radius 3 is 1.94 bits per heavy atom. The molecule has 0 bridgehead atoms. The predicted molar refractivity (Wildman–Crippen MR) is 125 cm³/mol. The van der Waals surface area contributed by atoms with Crippen molar-refractivity contribution in [2.75, 3.05) is 13.1 Å². The van der Waals surface area contributed by atoms with E-state index in [1.54, 1.807) is 13.8 Å². The van der Waals surface area contributed by atoms with Crippen LogP contribution < -0.4 is 38.9 Å². The van der Waals surface area contributed by atoms with Crippen molar-refractivity contribution in [2.45, 2.75) is 77.0 Å². The van der Waals surface area contributed by atoms with E-state index in [1.165, 1.54) is 6.92 Å². The van der Waals surface area contributed by atoms with Crippen LogP contribution in [0.2, 0.25) is 0 Å². The highest BCUT2D eigenvalue weighted by Gasteiger charge is 2.28. The Morgan fingerprint density at radius 2 is 1.42 bits per heavy atom. The molecule has 190 valence electrons. The molecule has 0 radical (unpaired) electrons. The number of hydrogen-bond acceptors (Lipinski definition) is 7. The summed E-state index contributed by atoms with van der Waals surface area (Å²) in [6.07, 6.45) is 1.84. The number of rotatable bonds is 16. The lowest BCUT2D eigenvalue weighted by molar-refractivity contribution is -0.142. The Hall–Kier alpha value is -2.93. The summed E-state index contributed by atoms with van der Waals surface area (Å²) in [5.41, 5.74) is 21.8. The molecule has 4 atom stereocenters. The van der Waals surface area contributed by atoms with E-state index in [9.17, 15) is 24.3 Å². The average Bonchev–Trinajstić information content (AvgIpc) is 2.73. The summed E-state index contributed by atoms with van der Waals surface area (Å²) in [4.78, 5) is 52.8. The van der Waals surface area contributed by atoms with Crippen LogP contribution in [0.5, 0.6) is 0 Å². The minimum atomic E-state index is -1.22. The summed E-state index contributed by atoms with van der Waals surface area (Å²) in [5.74, 6) is -3.16. The standard InChI is InChI=1S/C20H40N8O5/c1-11(2)15(22)18(31)26-12(3)16(29)27-13(7-4-5-9-21)17(30)28-14(19(32)33)8-6-10-25-20(23)24/h11-15H,4-10,21-22H2,1-3H3,(H,26,31)(H,27,29)(H,28,30)(H,32,33)(H4,23,24,25). The van der Waals surface area contributed by atoms with Gasteiger partial charge >= 0.3 is 5.97 Å². The summed E-state index contributed by atoms with van der Waals surface area (Å²) in [5, 5.41) is 17.0. The number of nitrogens with one attached hydrogen (secondary N) is 3. The van der Waals surface area contributed by atoms with Crippen LogP contribution in [0.1, 0.15) is 52.9 Å². The first kappa shape index (κ1) is 30.1. The molecule has 0 heterocycles. The fourth-order valence-electron chi connectivity index (χ4n) is 2.77. The van der Waals surface area contributed by atoms with Crippen LogP contribution >= 0.6 is 0 Å². The van der Waals surface area contributed by atoms with Gasteiger partial charge in [0, 0.05) is 6.54 Å². The molecule has 33 heavy (non-hydrogen) atoms. The predicted octanol–water partition coefficient (Wildman–Crippen LogP) is -2.29. The van der Waals surface area contributed by atoms with E-state index >= 15 is 0 Å². The summed E-state index contributed by atoms with van der Waals surface area (Å²) in [7, 11) is 0. The maximum absolute atomic E-state index is 12.8. The maximum atomic E-state index is 12.8. The van der Waals surface area contributed by atoms with Crippen molar-refractivity contribution in [2.24, 2.45) is 33.8 Å². The molecule has 0 saturated heterocycles. The first-order valence-corrected chi connectivity index (χ1v) is 11.1. The van der Waals surface area contributed by atoms with Crippen molar-refractivity contribution in [3.63, 3.8) is 0 Å². The van der Waals surface area contributed by atoms with Crippen LogP contribution in [-0.4, -0.2) is 72.0 Å². The van der Waals surface area contributed by atoms with Crippen LogP contribution in [0, 0.1) is 5.92 Å². The van der Waals surface area contributed by atoms with E-state index in [0.29, 0.717) is 25.8 Å². The second-order valence-electron chi connectivity index (χ2n) is 8.19. The Kier molecular flexibility index (Phi) is 14.4. The van der Waals surface area contributed by atoms with Crippen molar-refractivity contribution in [3.8, 4) is 0 Å². The number of nitrogens with zero attached hydrogens (tertiary/aromatic N) is 1. The summed E-state index contributed by atoms with van der Waals surface area (Å²) in [6, 6.07) is -3.90. The number of carbonyl (C=O) groups is 4. The summed E-state index contributed by atoms with van der Waals surface area (Å²) >= 11 is 0. The van der Waals surface area contributed by atoms with Crippen molar-refractivity contribution < 1.29 is 24.3 Å². The molecular formula is C20H40N8O5. The number of carboxylic acids is 1. The van der Waals surface area contributed by atoms with Crippen molar-refractivity contribution in [1.82, 2.24) is 16.0 Å². The molecule has 0 aromatic heterocycles. The monoisotopic (exact) mass is 472 g/mol. The highest BCUT2D eigenvalue weighted by atomic mass is 16.4. The Bertz CT molecular complexity index is 681. The van der Waals surface area contributed by atoms with Gasteiger partial charge in [-0.15, -0.1) is 0 Å². The molecule has 4 unspecified atom stereocenters. The zero-order valence-electron chi connectivity index (χ0n) is 19.7. The number of nitrogens with two attached hydrogens (primary N) is 4. The molecular weight excluding hydrogens is 432 g/mol. The van der Waals surface area contributed by atoms with Gasteiger partial charge in [-0.2, -0.15) is 0 Å². The average molecular weight is 473 g/mol. The van der Waals surface area contributed by atoms with E-state index in [-0.39, 0.29) is 31.3 Å². The third kappa shape index (κ3) is 12.6. The topological polar surface area (TPSA) is 241 Å². The Morgan fingerprint density at radius 1 is 0.848 bits per heavy atom. The molecule has 0 aromatic carbocycles. The summed E-state index contributed by atoms with van der Waals surface area (Å²) < 4.78 is 0. The highest BCUT2D eigenvalue weighted by molar-refractivity contribution is 5.93. The lowest BCUT2D eigenvalue weighted by atomic mass is 10.0. The van der Waals surface area contributed by atoms with Gasteiger partial charge < -0.3 is 44.0 Å². The molecule has 0 aromatic rings. The van der Waals surface area contributed by atoms with Gasteiger partial charge in [0.05, 0.1) is 6.04 Å². The quantitative estimate of drug-likeness (QED) is 0.0683. The molecule has 13 nitrogen and oxygen atoms in total. The second kappa shape index (κ2) is 15.8.